The maximum Gasteiger partial charge on any atom is 0.279 e. The number of benzene rings is 1. The number of hydrogen-bond acceptors (Lipinski definition) is 4. The first-order valence-corrected chi connectivity index (χ1v) is 8.31. The first-order valence-electron chi connectivity index (χ1n) is 7.24. The number of carbonyl (C=O) groups excluding carboxylic acids is 1. The number of nitrogens with one attached hydrogen (secondary N) is 1. The molecule has 1 aromatic heterocycles. The molecule has 1 amide bonds. The van der Waals surface area contributed by atoms with Gasteiger partial charge in [-0.3, -0.25) is 14.6 Å². The predicted octanol–water partition coefficient (Wildman–Crippen LogP) is 3.52. The van der Waals surface area contributed by atoms with Crippen LogP contribution in [0.2, 0.25) is 0 Å². The average molecular weight is 427 g/mol. The Morgan fingerprint density at radius 1 is 1.39 bits per heavy atom. The Balaban J connectivity index is 1.97. The van der Waals surface area contributed by atoms with Crippen molar-refractivity contribution >= 4 is 39.9 Å². The van der Waals surface area contributed by atoms with E-state index in [1.807, 2.05) is 29.5 Å². The minimum absolute atomic E-state index is 0.232. The lowest BCUT2D eigenvalue weighted by Crippen LogP contribution is -2.38. The van der Waals surface area contributed by atoms with E-state index in [9.17, 15) is 9.18 Å². The summed E-state index contributed by atoms with van der Waals surface area (Å²) in [6.45, 7) is 2.73. The van der Waals surface area contributed by atoms with Crippen molar-refractivity contribution in [1.82, 2.24) is 10.0 Å². The number of hydrogen-bond donors (Lipinski definition) is 1. The van der Waals surface area contributed by atoms with Crippen molar-refractivity contribution in [3.63, 3.8) is 0 Å². The number of anilines is 2. The van der Waals surface area contributed by atoms with E-state index in [1.165, 1.54) is 17.3 Å². The fraction of sp³-hybridized carbons (Fsp3) is 0.250. The lowest BCUT2D eigenvalue weighted by Gasteiger charge is -2.28. The number of pyridine rings is 1. The van der Waals surface area contributed by atoms with Crippen LogP contribution in [0.1, 0.15) is 22.8 Å². The van der Waals surface area contributed by atoms with Crippen molar-refractivity contribution in [2.75, 3.05) is 18.5 Å². The zero-order valence-electron chi connectivity index (χ0n) is 12.5. The second kappa shape index (κ2) is 6.79. The summed E-state index contributed by atoms with van der Waals surface area (Å²) < 4.78 is 14.9. The number of amides is 1. The van der Waals surface area contributed by atoms with Gasteiger partial charge in [-0.05, 0) is 59.7 Å². The molecular formula is C16H15FIN3O2. The van der Waals surface area contributed by atoms with E-state index >= 15 is 0 Å². The molecule has 0 aliphatic carbocycles. The van der Waals surface area contributed by atoms with Gasteiger partial charge in [0, 0.05) is 9.77 Å². The number of fused-ring (bicyclic) bond motifs is 1. The molecule has 120 valence electrons. The molecule has 1 aliphatic heterocycles. The van der Waals surface area contributed by atoms with Gasteiger partial charge in [-0.25, -0.2) is 9.45 Å². The van der Waals surface area contributed by atoms with Gasteiger partial charge in [0.15, 0.2) is 0 Å². The maximum atomic E-state index is 14.1. The van der Waals surface area contributed by atoms with Gasteiger partial charge in [0.05, 0.1) is 36.3 Å². The summed E-state index contributed by atoms with van der Waals surface area (Å²) in [6, 6.07) is 4.87. The second-order valence-corrected chi connectivity index (χ2v) is 6.29. The summed E-state index contributed by atoms with van der Waals surface area (Å²) in [5.74, 6) is -0.608. The Kier molecular flexibility index (Phi) is 4.76. The molecule has 0 fully saturated rings. The molecule has 1 N–H and O–H groups in total. The summed E-state index contributed by atoms with van der Waals surface area (Å²) >= 11 is 2.05. The highest BCUT2D eigenvalue weighted by Gasteiger charge is 2.28. The van der Waals surface area contributed by atoms with Crippen LogP contribution in [0.15, 0.2) is 30.6 Å². The van der Waals surface area contributed by atoms with E-state index in [2.05, 4.69) is 10.3 Å². The van der Waals surface area contributed by atoms with E-state index in [0.717, 1.165) is 9.13 Å². The summed E-state index contributed by atoms with van der Waals surface area (Å²) in [5, 5.41) is 4.32. The average Bonchev–Trinajstić information content (AvgIpc) is 2.53. The van der Waals surface area contributed by atoms with Crippen molar-refractivity contribution in [1.29, 1.82) is 0 Å². The highest BCUT2D eigenvalue weighted by Crippen LogP contribution is 2.29. The van der Waals surface area contributed by atoms with Crippen molar-refractivity contribution < 1.29 is 14.0 Å². The number of halogens is 2. The molecule has 23 heavy (non-hydrogen) atoms. The lowest BCUT2D eigenvalue weighted by atomic mass is 10.0. The summed E-state index contributed by atoms with van der Waals surface area (Å²) in [7, 11) is 0. The molecule has 0 unspecified atom stereocenters. The third-order valence-corrected chi connectivity index (χ3v) is 4.21. The quantitative estimate of drug-likeness (QED) is 0.759. The van der Waals surface area contributed by atoms with Crippen LogP contribution in [0, 0.1) is 9.39 Å². The SMILES string of the molecule is CCON1CCc2cncc(Nc3ccc(I)cc3F)c2C1=O. The van der Waals surface area contributed by atoms with Gasteiger partial charge in [-0.15, -0.1) is 0 Å². The highest BCUT2D eigenvalue weighted by molar-refractivity contribution is 14.1. The van der Waals surface area contributed by atoms with E-state index in [-0.39, 0.29) is 11.7 Å². The van der Waals surface area contributed by atoms with E-state index in [0.29, 0.717) is 36.5 Å². The molecule has 5 nitrogen and oxygen atoms in total. The van der Waals surface area contributed by atoms with Crippen LogP contribution >= 0.6 is 22.6 Å². The van der Waals surface area contributed by atoms with Gasteiger partial charge >= 0.3 is 0 Å². The van der Waals surface area contributed by atoms with Crippen molar-refractivity contribution in [3.05, 3.63) is 51.1 Å². The largest absolute Gasteiger partial charge is 0.351 e. The Morgan fingerprint density at radius 2 is 2.22 bits per heavy atom. The monoisotopic (exact) mass is 427 g/mol. The van der Waals surface area contributed by atoms with Crippen molar-refractivity contribution in [3.8, 4) is 0 Å². The molecule has 1 aromatic carbocycles. The Hall–Kier alpha value is -1.74. The number of nitrogens with zero attached hydrogens (tertiary/aromatic N) is 2. The summed E-state index contributed by atoms with van der Waals surface area (Å²) in [6.07, 6.45) is 3.86. The van der Waals surface area contributed by atoms with Crippen LogP contribution in [0.3, 0.4) is 0 Å². The van der Waals surface area contributed by atoms with E-state index in [4.69, 9.17) is 4.84 Å². The molecule has 0 atom stereocenters. The Labute approximate surface area is 146 Å². The van der Waals surface area contributed by atoms with Crippen LogP contribution in [0.25, 0.3) is 0 Å². The van der Waals surface area contributed by atoms with Gasteiger partial charge < -0.3 is 5.32 Å². The Morgan fingerprint density at radius 3 is 2.96 bits per heavy atom. The van der Waals surface area contributed by atoms with E-state index < -0.39 is 0 Å². The minimum Gasteiger partial charge on any atom is -0.351 e. The van der Waals surface area contributed by atoms with Crippen molar-refractivity contribution in [2.45, 2.75) is 13.3 Å². The molecule has 0 saturated carbocycles. The first-order chi connectivity index (χ1) is 11.1. The van der Waals surface area contributed by atoms with Crippen LogP contribution in [-0.2, 0) is 11.3 Å². The number of rotatable bonds is 4. The van der Waals surface area contributed by atoms with Crippen LogP contribution in [0.4, 0.5) is 15.8 Å². The molecule has 0 radical (unpaired) electrons. The van der Waals surface area contributed by atoms with Crippen molar-refractivity contribution in [2.24, 2.45) is 0 Å². The number of carbonyl (C=O) groups is 1. The van der Waals surface area contributed by atoms with Crippen LogP contribution in [0.5, 0.6) is 0 Å². The molecule has 1 aliphatic rings. The second-order valence-electron chi connectivity index (χ2n) is 5.05. The molecular weight excluding hydrogens is 412 g/mol. The van der Waals surface area contributed by atoms with Gasteiger partial charge in [0.25, 0.3) is 5.91 Å². The zero-order chi connectivity index (χ0) is 16.4. The fourth-order valence-electron chi connectivity index (χ4n) is 2.50. The van der Waals surface area contributed by atoms with Gasteiger partial charge in [0.1, 0.15) is 5.82 Å². The van der Waals surface area contributed by atoms with Gasteiger partial charge in [0.2, 0.25) is 0 Å². The molecule has 7 heteroatoms. The maximum absolute atomic E-state index is 14.1. The Bertz CT molecular complexity index is 754. The smallest absolute Gasteiger partial charge is 0.279 e. The van der Waals surface area contributed by atoms with Gasteiger partial charge in [-0.1, -0.05) is 0 Å². The number of hydroxylamine groups is 2. The molecule has 2 aromatic rings. The fourth-order valence-corrected chi connectivity index (χ4v) is 2.96. The third-order valence-electron chi connectivity index (χ3n) is 3.53. The minimum atomic E-state index is -0.376. The van der Waals surface area contributed by atoms with Gasteiger partial charge in [-0.2, -0.15) is 0 Å². The van der Waals surface area contributed by atoms with E-state index in [1.54, 1.807) is 18.3 Å². The predicted molar refractivity (Wildman–Crippen MR) is 93.0 cm³/mol. The molecule has 3 rings (SSSR count). The molecule has 0 saturated heterocycles. The summed E-state index contributed by atoms with van der Waals surface area (Å²) in [4.78, 5) is 22.1. The highest BCUT2D eigenvalue weighted by atomic mass is 127. The molecule has 2 heterocycles. The molecule has 0 bridgehead atoms. The first kappa shape index (κ1) is 16.1. The normalized spacial score (nSPS) is 13.9. The van der Waals surface area contributed by atoms with Crippen LogP contribution < -0.4 is 5.32 Å². The van der Waals surface area contributed by atoms with Crippen LogP contribution in [-0.4, -0.2) is 29.1 Å². The third kappa shape index (κ3) is 3.30. The molecule has 0 spiro atoms. The standard InChI is InChI=1S/C16H15FIN3O2/c1-2-23-21-6-5-10-8-19-9-14(15(10)16(21)22)20-13-4-3-11(18)7-12(13)17/h3-4,7-9,20H,2,5-6H2,1H3. The summed E-state index contributed by atoms with van der Waals surface area (Å²) in [5.41, 5.74) is 2.11. The zero-order valence-corrected chi connectivity index (χ0v) is 14.6. The number of aromatic nitrogens is 1. The lowest BCUT2D eigenvalue weighted by molar-refractivity contribution is -0.120. The topological polar surface area (TPSA) is 54.5 Å².